The summed E-state index contributed by atoms with van der Waals surface area (Å²) in [5, 5.41) is 1.96. The summed E-state index contributed by atoms with van der Waals surface area (Å²) in [4.78, 5) is 15.3. The highest BCUT2D eigenvalue weighted by Gasteiger charge is 2.25. The fourth-order valence-corrected chi connectivity index (χ4v) is 3.97. The summed E-state index contributed by atoms with van der Waals surface area (Å²) in [6.07, 6.45) is 2.42. The maximum absolute atomic E-state index is 12.2. The van der Waals surface area contributed by atoms with Crippen molar-refractivity contribution in [1.29, 1.82) is 0 Å². The largest absolute Gasteiger partial charge is 0.293 e. The Bertz CT molecular complexity index is 404. The minimum atomic E-state index is 0.244. The van der Waals surface area contributed by atoms with Crippen LogP contribution in [0.15, 0.2) is 15.9 Å². The van der Waals surface area contributed by atoms with Crippen molar-refractivity contribution in [3.8, 4) is 0 Å². The van der Waals surface area contributed by atoms with Gasteiger partial charge in [0.2, 0.25) is 0 Å². The average Bonchev–Trinajstić information content (AvgIpc) is 2.68. The lowest BCUT2D eigenvalue weighted by Gasteiger charge is -2.35. The van der Waals surface area contributed by atoms with Crippen LogP contribution in [0.5, 0.6) is 0 Å². The first-order chi connectivity index (χ1) is 8.08. The number of carbonyl (C=O) groups excluding carboxylic acids is 1. The molecule has 0 N–H and O–H groups in total. The third kappa shape index (κ3) is 3.18. The Kier molecular flexibility index (Phi) is 4.39. The molecule has 2 rings (SSSR count). The molecule has 17 heavy (non-hydrogen) atoms. The molecule has 2 nitrogen and oxygen atoms in total. The predicted molar refractivity (Wildman–Crippen MR) is 75.8 cm³/mol. The summed E-state index contributed by atoms with van der Waals surface area (Å²) < 4.78 is 0.936. The average molecular weight is 316 g/mol. The van der Waals surface area contributed by atoms with Crippen LogP contribution in [0.25, 0.3) is 0 Å². The van der Waals surface area contributed by atoms with Crippen molar-refractivity contribution in [3.63, 3.8) is 0 Å². The van der Waals surface area contributed by atoms with Crippen molar-refractivity contribution < 1.29 is 4.79 Å². The molecule has 4 heteroatoms. The number of hydrogen-bond donors (Lipinski definition) is 0. The summed E-state index contributed by atoms with van der Waals surface area (Å²) in [6, 6.07) is 2.47. The number of ketones is 1. The molecular weight excluding hydrogens is 298 g/mol. The topological polar surface area (TPSA) is 20.3 Å². The van der Waals surface area contributed by atoms with Crippen LogP contribution in [0.2, 0.25) is 0 Å². The number of nitrogens with zero attached hydrogens (tertiary/aromatic N) is 1. The molecule has 1 aromatic rings. The Morgan fingerprint density at radius 1 is 1.59 bits per heavy atom. The van der Waals surface area contributed by atoms with Gasteiger partial charge in [0.05, 0.1) is 11.4 Å². The van der Waals surface area contributed by atoms with Crippen LogP contribution in [0.1, 0.15) is 36.4 Å². The molecule has 1 saturated heterocycles. The van der Waals surface area contributed by atoms with Gasteiger partial charge >= 0.3 is 0 Å². The molecule has 0 saturated carbocycles. The van der Waals surface area contributed by atoms with Gasteiger partial charge < -0.3 is 0 Å². The first-order valence-electron chi connectivity index (χ1n) is 6.08. The van der Waals surface area contributed by atoms with E-state index in [0.29, 0.717) is 12.6 Å². The molecule has 1 fully saturated rings. The molecule has 0 bridgehead atoms. The van der Waals surface area contributed by atoms with E-state index in [1.807, 2.05) is 11.4 Å². The lowest BCUT2D eigenvalue weighted by molar-refractivity contribution is 0.0819. The summed E-state index contributed by atoms with van der Waals surface area (Å²) in [7, 11) is 0. The molecule has 0 aliphatic carbocycles. The molecule has 0 spiro atoms. The number of rotatable bonds is 3. The van der Waals surface area contributed by atoms with E-state index in [1.165, 1.54) is 24.2 Å². The van der Waals surface area contributed by atoms with E-state index in [1.54, 1.807) is 0 Å². The highest BCUT2D eigenvalue weighted by molar-refractivity contribution is 9.10. The number of hydrogen-bond acceptors (Lipinski definition) is 3. The van der Waals surface area contributed by atoms with Crippen LogP contribution in [-0.2, 0) is 0 Å². The zero-order chi connectivity index (χ0) is 12.4. The highest BCUT2D eigenvalue weighted by atomic mass is 79.9. The van der Waals surface area contributed by atoms with E-state index >= 15 is 0 Å². The Morgan fingerprint density at radius 3 is 2.94 bits per heavy atom. The molecule has 0 radical (unpaired) electrons. The molecule has 0 amide bonds. The minimum Gasteiger partial charge on any atom is -0.293 e. The third-order valence-electron chi connectivity index (χ3n) is 3.49. The second kappa shape index (κ2) is 5.63. The molecular formula is C13H18BrNOS. The highest BCUT2D eigenvalue weighted by Crippen LogP contribution is 2.26. The second-order valence-electron chi connectivity index (χ2n) is 4.97. The summed E-state index contributed by atoms with van der Waals surface area (Å²) in [5.41, 5.74) is 0. The van der Waals surface area contributed by atoms with Crippen LogP contribution < -0.4 is 0 Å². The fraction of sp³-hybridized carbons (Fsp3) is 0.615. The van der Waals surface area contributed by atoms with Gasteiger partial charge in [-0.1, -0.05) is 6.92 Å². The van der Waals surface area contributed by atoms with Crippen LogP contribution in [-0.4, -0.2) is 29.8 Å². The lowest BCUT2D eigenvalue weighted by atomic mass is 9.93. The first-order valence-corrected chi connectivity index (χ1v) is 7.75. The Hall–Kier alpha value is -0.190. The zero-order valence-corrected chi connectivity index (χ0v) is 12.7. The van der Waals surface area contributed by atoms with Crippen molar-refractivity contribution in [2.24, 2.45) is 5.92 Å². The van der Waals surface area contributed by atoms with E-state index in [0.717, 1.165) is 21.8 Å². The van der Waals surface area contributed by atoms with Gasteiger partial charge in [-0.3, -0.25) is 9.69 Å². The number of Topliss-reactive ketones (excluding diaryl/α,β-unsaturated/α-hetero) is 1. The van der Waals surface area contributed by atoms with Crippen LogP contribution in [0.3, 0.4) is 0 Å². The first kappa shape index (κ1) is 13.2. The summed E-state index contributed by atoms with van der Waals surface area (Å²) in [6.45, 7) is 6.14. The maximum Gasteiger partial charge on any atom is 0.187 e. The SMILES string of the molecule is CC1CCN(CC(=O)c2sccc2Br)C(C)C1. The third-order valence-corrected chi connectivity index (χ3v) is 5.37. The molecule has 2 atom stereocenters. The monoisotopic (exact) mass is 315 g/mol. The molecule has 1 aliphatic rings. The van der Waals surface area contributed by atoms with Gasteiger partial charge in [-0.15, -0.1) is 11.3 Å². The smallest absolute Gasteiger partial charge is 0.187 e. The van der Waals surface area contributed by atoms with Gasteiger partial charge in [0.15, 0.2) is 5.78 Å². The van der Waals surface area contributed by atoms with E-state index in [2.05, 4.69) is 34.7 Å². The Morgan fingerprint density at radius 2 is 2.35 bits per heavy atom. The molecule has 1 aromatic heterocycles. The Labute approximate surface area is 115 Å². The zero-order valence-electron chi connectivity index (χ0n) is 10.3. The maximum atomic E-state index is 12.2. The number of thiophene rings is 1. The predicted octanol–water partition coefficient (Wildman–Crippen LogP) is 3.81. The van der Waals surface area contributed by atoms with E-state index in [-0.39, 0.29) is 5.78 Å². The number of carbonyl (C=O) groups is 1. The van der Waals surface area contributed by atoms with Gasteiger partial charge in [0, 0.05) is 10.5 Å². The van der Waals surface area contributed by atoms with Crippen molar-refractivity contribution in [2.75, 3.05) is 13.1 Å². The number of halogens is 1. The quantitative estimate of drug-likeness (QED) is 0.790. The summed E-state index contributed by atoms with van der Waals surface area (Å²) in [5.74, 6) is 1.04. The molecule has 1 aliphatic heterocycles. The molecule has 2 unspecified atom stereocenters. The molecule has 2 heterocycles. The molecule has 0 aromatic carbocycles. The minimum absolute atomic E-state index is 0.244. The number of likely N-dealkylation sites (tertiary alicyclic amines) is 1. The van der Waals surface area contributed by atoms with E-state index in [4.69, 9.17) is 0 Å². The van der Waals surface area contributed by atoms with Gasteiger partial charge in [0.1, 0.15) is 0 Å². The van der Waals surface area contributed by atoms with Gasteiger partial charge in [-0.2, -0.15) is 0 Å². The summed E-state index contributed by atoms with van der Waals surface area (Å²) >= 11 is 4.95. The van der Waals surface area contributed by atoms with Crippen molar-refractivity contribution >= 4 is 33.0 Å². The van der Waals surface area contributed by atoms with Crippen molar-refractivity contribution in [2.45, 2.75) is 32.7 Å². The van der Waals surface area contributed by atoms with E-state index in [9.17, 15) is 4.79 Å². The second-order valence-corrected chi connectivity index (χ2v) is 6.74. The van der Waals surface area contributed by atoms with Gasteiger partial charge in [-0.05, 0) is 59.6 Å². The van der Waals surface area contributed by atoms with Gasteiger partial charge in [0.25, 0.3) is 0 Å². The van der Waals surface area contributed by atoms with E-state index < -0.39 is 0 Å². The fourth-order valence-electron chi connectivity index (χ4n) is 2.44. The molecule has 94 valence electrons. The van der Waals surface area contributed by atoms with Crippen LogP contribution in [0, 0.1) is 5.92 Å². The van der Waals surface area contributed by atoms with Crippen LogP contribution in [0.4, 0.5) is 0 Å². The van der Waals surface area contributed by atoms with Gasteiger partial charge in [-0.25, -0.2) is 0 Å². The van der Waals surface area contributed by atoms with Crippen molar-refractivity contribution in [1.82, 2.24) is 4.90 Å². The number of piperidine rings is 1. The Balaban J connectivity index is 1.97. The van der Waals surface area contributed by atoms with Crippen LogP contribution >= 0.6 is 27.3 Å². The lowest BCUT2D eigenvalue weighted by Crippen LogP contribution is -2.42. The normalized spacial score (nSPS) is 26.1. The standard InChI is InChI=1S/C13H18BrNOS/c1-9-3-5-15(10(2)7-9)8-12(16)13-11(14)4-6-17-13/h4,6,9-10H,3,5,7-8H2,1-2H3. The van der Waals surface area contributed by atoms with Crippen molar-refractivity contribution in [3.05, 3.63) is 20.8 Å².